The first kappa shape index (κ1) is 10.3. The Hall–Kier alpha value is -0.780. The number of benzene rings is 1. The van der Waals surface area contributed by atoms with Crippen molar-refractivity contribution in [1.82, 2.24) is 0 Å². The normalized spacial score (nSPS) is 9.08. The van der Waals surface area contributed by atoms with Crippen molar-refractivity contribution < 1.29 is 0 Å². The zero-order chi connectivity index (χ0) is 9.68. The van der Waals surface area contributed by atoms with E-state index in [1.165, 1.54) is 0 Å². The Kier molecular flexibility index (Phi) is 4.01. The van der Waals surface area contributed by atoms with E-state index in [2.05, 4.69) is 11.8 Å². The number of hydrogen-bond acceptors (Lipinski definition) is 2. The lowest BCUT2D eigenvalue weighted by atomic mass is 10.3. The van der Waals surface area contributed by atoms with E-state index in [4.69, 9.17) is 17.3 Å². The van der Waals surface area contributed by atoms with Crippen molar-refractivity contribution >= 4 is 29.1 Å². The number of hydrogen-bond donors (Lipinski definition) is 1. The molecule has 0 heterocycles. The number of nitrogen functional groups attached to an aromatic ring is 1. The first-order chi connectivity index (χ1) is 6.24. The van der Waals surface area contributed by atoms with Crippen LogP contribution in [-0.4, -0.2) is 5.75 Å². The molecule has 0 unspecified atom stereocenters. The molecule has 0 bridgehead atoms. The molecule has 1 rings (SSSR count). The topological polar surface area (TPSA) is 26.0 Å². The molecule has 0 radical (unpaired) electrons. The molecule has 0 saturated carbocycles. The minimum absolute atomic E-state index is 0.670. The van der Waals surface area contributed by atoms with E-state index in [0.717, 1.165) is 16.3 Å². The second-order valence-electron chi connectivity index (χ2n) is 2.40. The smallest absolute Gasteiger partial charge is 0.0595 e. The molecule has 0 amide bonds. The van der Waals surface area contributed by atoms with E-state index in [1.807, 2.05) is 19.1 Å². The largest absolute Gasteiger partial charge is 0.398 e. The van der Waals surface area contributed by atoms with Crippen LogP contribution in [0.5, 0.6) is 0 Å². The van der Waals surface area contributed by atoms with Gasteiger partial charge in [0, 0.05) is 15.6 Å². The predicted octanol–water partition coefficient (Wildman–Crippen LogP) is 3.04. The van der Waals surface area contributed by atoms with Gasteiger partial charge in [0.1, 0.15) is 0 Å². The van der Waals surface area contributed by atoms with Crippen LogP contribution in [0.3, 0.4) is 0 Å². The highest BCUT2D eigenvalue weighted by Gasteiger charge is 1.98. The van der Waals surface area contributed by atoms with Crippen molar-refractivity contribution in [2.45, 2.75) is 11.8 Å². The number of halogens is 1. The van der Waals surface area contributed by atoms with Gasteiger partial charge in [0.05, 0.1) is 5.75 Å². The van der Waals surface area contributed by atoms with Gasteiger partial charge < -0.3 is 5.73 Å². The Bertz CT molecular complexity index is 352. The summed E-state index contributed by atoms with van der Waals surface area (Å²) in [5.74, 6) is 6.56. The Morgan fingerprint density at radius 3 is 2.92 bits per heavy atom. The highest BCUT2D eigenvalue weighted by Crippen LogP contribution is 2.27. The zero-order valence-corrected chi connectivity index (χ0v) is 8.88. The lowest BCUT2D eigenvalue weighted by molar-refractivity contribution is 1.46. The second kappa shape index (κ2) is 5.06. The van der Waals surface area contributed by atoms with Crippen molar-refractivity contribution in [3.8, 4) is 11.8 Å². The van der Waals surface area contributed by atoms with Crippen LogP contribution in [0.4, 0.5) is 5.69 Å². The molecule has 0 aliphatic carbocycles. The van der Waals surface area contributed by atoms with E-state index in [0.29, 0.717) is 5.02 Å². The number of rotatable bonds is 2. The lowest BCUT2D eigenvalue weighted by Gasteiger charge is -2.02. The monoisotopic (exact) mass is 211 g/mol. The molecule has 0 saturated heterocycles. The average molecular weight is 212 g/mol. The van der Waals surface area contributed by atoms with Gasteiger partial charge in [-0.3, -0.25) is 0 Å². The summed E-state index contributed by atoms with van der Waals surface area (Å²) in [5.41, 5.74) is 6.47. The van der Waals surface area contributed by atoms with Gasteiger partial charge >= 0.3 is 0 Å². The third-order valence-electron chi connectivity index (χ3n) is 1.45. The van der Waals surface area contributed by atoms with Gasteiger partial charge in [0.25, 0.3) is 0 Å². The standard InChI is InChI=1S/C10H10ClNS/c1-2-3-6-13-10-5-4-8(11)7-9(10)12/h4-5,7H,6,12H2,1H3. The van der Waals surface area contributed by atoms with Crippen LogP contribution in [-0.2, 0) is 0 Å². The molecule has 0 atom stereocenters. The summed E-state index contributed by atoms with van der Waals surface area (Å²) in [5, 5.41) is 0.670. The fourth-order valence-corrected chi connectivity index (χ4v) is 1.78. The molecular weight excluding hydrogens is 202 g/mol. The summed E-state index contributed by atoms with van der Waals surface area (Å²) >= 11 is 7.38. The van der Waals surface area contributed by atoms with Crippen LogP contribution in [0.1, 0.15) is 6.92 Å². The third kappa shape index (κ3) is 3.22. The van der Waals surface area contributed by atoms with E-state index >= 15 is 0 Å². The molecule has 1 aromatic carbocycles. The van der Waals surface area contributed by atoms with Crippen molar-refractivity contribution in [2.24, 2.45) is 0 Å². The number of thioether (sulfide) groups is 1. The Morgan fingerprint density at radius 1 is 1.54 bits per heavy atom. The molecule has 0 aliphatic heterocycles. The summed E-state index contributed by atoms with van der Waals surface area (Å²) in [4.78, 5) is 1.03. The fourth-order valence-electron chi connectivity index (χ4n) is 0.837. The summed E-state index contributed by atoms with van der Waals surface area (Å²) in [6.07, 6.45) is 0. The quantitative estimate of drug-likeness (QED) is 0.462. The van der Waals surface area contributed by atoms with Crippen LogP contribution in [0.25, 0.3) is 0 Å². The van der Waals surface area contributed by atoms with Gasteiger partial charge in [-0.2, -0.15) is 0 Å². The molecule has 2 N–H and O–H groups in total. The first-order valence-electron chi connectivity index (χ1n) is 3.81. The van der Waals surface area contributed by atoms with Crippen molar-refractivity contribution in [3.05, 3.63) is 23.2 Å². The SMILES string of the molecule is CC#CCSc1ccc(Cl)cc1N. The second-order valence-corrected chi connectivity index (χ2v) is 3.85. The summed E-state index contributed by atoms with van der Waals surface area (Å²) in [7, 11) is 0. The molecule has 1 nitrogen and oxygen atoms in total. The van der Waals surface area contributed by atoms with E-state index in [-0.39, 0.29) is 0 Å². The van der Waals surface area contributed by atoms with Gasteiger partial charge in [0.15, 0.2) is 0 Å². The predicted molar refractivity (Wildman–Crippen MR) is 60.0 cm³/mol. The van der Waals surface area contributed by atoms with Gasteiger partial charge in [-0.1, -0.05) is 17.5 Å². The van der Waals surface area contributed by atoms with Gasteiger partial charge in [-0.15, -0.1) is 17.7 Å². The molecule has 3 heteroatoms. The summed E-state index contributed by atoms with van der Waals surface area (Å²) < 4.78 is 0. The maximum atomic E-state index is 5.76. The average Bonchev–Trinajstić information content (AvgIpc) is 2.09. The zero-order valence-electron chi connectivity index (χ0n) is 7.30. The lowest BCUT2D eigenvalue weighted by Crippen LogP contribution is -1.88. The van der Waals surface area contributed by atoms with Gasteiger partial charge in [-0.05, 0) is 25.1 Å². The fraction of sp³-hybridized carbons (Fsp3) is 0.200. The van der Waals surface area contributed by atoms with Crippen LogP contribution in [0.2, 0.25) is 5.02 Å². The highest BCUT2D eigenvalue weighted by atomic mass is 35.5. The summed E-state index contributed by atoms with van der Waals surface area (Å²) in [6, 6.07) is 5.50. The van der Waals surface area contributed by atoms with Gasteiger partial charge in [-0.25, -0.2) is 0 Å². The maximum absolute atomic E-state index is 5.76. The van der Waals surface area contributed by atoms with Crippen molar-refractivity contribution in [3.63, 3.8) is 0 Å². The number of nitrogens with two attached hydrogens (primary N) is 1. The van der Waals surface area contributed by atoms with Crippen LogP contribution >= 0.6 is 23.4 Å². The minimum atomic E-state index is 0.670. The molecule has 68 valence electrons. The molecule has 1 aromatic rings. The van der Waals surface area contributed by atoms with Crippen LogP contribution in [0.15, 0.2) is 23.1 Å². The molecule has 0 aromatic heterocycles. The molecular formula is C10H10ClNS. The summed E-state index contributed by atoms with van der Waals surface area (Å²) in [6.45, 7) is 1.83. The minimum Gasteiger partial charge on any atom is -0.398 e. The van der Waals surface area contributed by atoms with Crippen LogP contribution < -0.4 is 5.73 Å². The Labute approximate surface area is 87.7 Å². The highest BCUT2D eigenvalue weighted by molar-refractivity contribution is 7.99. The van der Waals surface area contributed by atoms with E-state index in [1.54, 1.807) is 17.8 Å². The number of anilines is 1. The molecule has 0 aliphatic rings. The molecule has 0 spiro atoms. The Morgan fingerprint density at radius 2 is 2.31 bits per heavy atom. The molecule has 0 fully saturated rings. The van der Waals surface area contributed by atoms with Crippen molar-refractivity contribution in [1.29, 1.82) is 0 Å². The van der Waals surface area contributed by atoms with Gasteiger partial charge in [0.2, 0.25) is 0 Å². The van der Waals surface area contributed by atoms with E-state index < -0.39 is 0 Å². The van der Waals surface area contributed by atoms with E-state index in [9.17, 15) is 0 Å². The van der Waals surface area contributed by atoms with Crippen LogP contribution in [0, 0.1) is 11.8 Å². The van der Waals surface area contributed by atoms with Crippen molar-refractivity contribution in [2.75, 3.05) is 11.5 Å². The Balaban J connectivity index is 2.70. The third-order valence-corrected chi connectivity index (χ3v) is 2.66. The first-order valence-corrected chi connectivity index (χ1v) is 5.18. The maximum Gasteiger partial charge on any atom is 0.0595 e. The molecule has 13 heavy (non-hydrogen) atoms.